The summed E-state index contributed by atoms with van der Waals surface area (Å²) in [4.78, 5) is 30.8. The standard InChI is InChI=1S/C15H16N4O4/c1-3-23-17-15(20)12-7-4-11(5-8-12)6-9-13-16-10-14(18(13)2)19(21)22/h4-10H,3H2,1-2H3,(H,17,20). The fourth-order valence-electron chi connectivity index (χ4n) is 1.85. The third-order valence-corrected chi connectivity index (χ3v) is 3.09. The van der Waals surface area contributed by atoms with Gasteiger partial charge in [-0.2, -0.15) is 0 Å². The van der Waals surface area contributed by atoms with Gasteiger partial charge in [0, 0.05) is 11.6 Å². The van der Waals surface area contributed by atoms with Crippen molar-refractivity contribution in [1.82, 2.24) is 15.0 Å². The number of nitrogens with zero attached hydrogens (tertiary/aromatic N) is 3. The summed E-state index contributed by atoms with van der Waals surface area (Å²) in [5, 5.41) is 10.8. The lowest BCUT2D eigenvalue weighted by Crippen LogP contribution is -2.23. The number of hydrogen-bond acceptors (Lipinski definition) is 5. The minimum Gasteiger partial charge on any atom is -0.358 e. The van der Waals surface area contributed by atoms with Gasteiger partial charge in [-0.1, -0.05) is 12.1 Å². The number of imidazole rings is 1. The summed E-state index contributed by atoms with van der Waals surface area (Å²) in [5.74, 6) is 0.0737. The molecule has 2 aromatic rings. The quantitative estimate of drug-likeness (QED) is 0.650. The topological polar surface area (TPSA) is 99.3 Å². The minimum atomic E-state index is -0.490. The van der Waals surface area contributed by atoms with Crippen molar-refractivity contribution in [3.05, 3.63) is 57.5 Å². The van der Waals surface area contributed by atoms with Gasteiger partial charge in [0.2, 0.25) is 5.82 Å². The predicted octanol–water partition coefficient (Wildman–Crippen LogP) is 2.18. The van der Waals surface area contributed by atoms with Crippen LogP contribution in [0.25, 0.3) is 12.2 Å². The molecule has 2 rings (SSSR count). The van der Waals surface area contributed by atoms with E-state index < -0.39 is 4.92 Å². The van der Waals surface area contributed by atoms with Gasteiger partial charge in [0.25, 0.3) is 5.91 Å². The highest BCUT2D eigenvalue weighted by Gasteiger charge is 2.13. The van der Waals surface area contributed by atoms with Crippen LogP contribution in [0.2, 0.25) is 0 Å². The molecule has 120 valence electrons. The van der Waals surface area contributed by atoms with E-state index in [2.05, 4.69) is 10.5 Å². The number of carbonyl (C=O) groups is 1. The SMILES string of the molecule is CCONC(=O)c1ccc(C=Cc2ncc([N+](=O)[O-])n2C)cc1. The molecule has 0 saturated heterocycles. The Morgan fingerprint density at radius 3 is 2.65 bits per heavy atom. The fraction of sp³-hybridized carbons (Fsp3) is 0.200. The van der Waals surface area contributed by atoms with Gasteiger partial charge in [-0.15, -0.1) is 0 Å². The lowest BCUT2D eigenvalue weighted by Gasteiger charge is -2.03. The second kappa shape index (κ2) is 7.32. The predicted molar refractivity (Wildman–Crippen MR) is 84.3 cm³/mol. The van der Waals surface area contributed by atoms with Gasteiger partial charge < -0.3 is 10.1 Å². The summed E-state index contributed by atoms with van der Waals surface area (Å²) < 4.78 is 1.39. The molecule has 0 spiro atoms. The molecule has 1 amide bonds. The molecule has 23 heavy (non-hydrogen) atoms. The van der Waals surface area contributed by atoms with Crippen LogP contribution in [0.5, 0.6) is 0 Å². The number of rotatable bonds is 6. The van der Waals surface area contributed by atoms with E-state index in [1.165, 1.54) is 10.8 Å². The largest absolute Gasteiger partial charge is 0.358 e. The molecule has 0 bridgehead atoms. The number of hydrogen-bond donors (Lipinski definition) is 1. The normalized spacial score (nSPS) is 10.9. The molecule has 1 aromatic carbocycles. The summed E-state index contributed by atoms with van der Waals surface area (Å²) in [5.41, 5.74) is 3.62. The van der Waals surface area contributed by atoms with Crippen LogP contribution in [0.15, 0.2) is 30.5 Å². The zero-order valence-corrected chi connectivity index (χ0v) is 12.7. The second-order valence-electron chi connectivity index (χ2n) is 4.61. The molecular formula is C15H16N4O4. The summed E-state index contributed by atoms with van der Waals surface area (Å²) in [6, 6.07) is 6.84. The fourth-order valence-corrected chi connectivity index (χ4v) is 1.85. The van der Waals surface area contributed by atoms with Crippen LogP contribution in [0.3, 0.4) is 0 Å². The van der Waals surface area contributed by atoms with Crippen LogP contribution in [-0.4, -0.2) is 27.0 Å². The first kappa shape index (κ1) is 16.4. The van der Waals surface area contributed by atoms with Gasteiger partial charge in [0.1, 0.15) is 6.20 Å². The molecule has 1 heterocycles. The van der Waals surface area contributed by atoms with E-state index in [0.29, 0.717) is 18.0 Å². The van der Waals surface area contributed by atoms with Gasteiger partial charge in [0.05, 0.1) is 13.7 Å². The van der Waals surface area contributed by atoms with Crippen molar-refractivity contribution >= 4 is 23.9 Å². The van der Waals surface area contributed by atoms with Crippen molar-refractivity contribution < 1.29 is 14.6 Å². The van der Waals surface area contributed by atoms with Crippen molar-refractivity contribution in [2.45, 2.75) is 6.92 Å². The van der Waals surface area contributed by atoms with E-state index in [1.54, 1.807) is 50.4 Å². The Kier molecular flexibility index (Phi) is 5.21. The Morgan fingerprint density at radius 2 is 2.09 bits per heavy atom. The van der Waals surface area contributed by atoms with E-state index in [9.17, 15) is 14.9 Å². The van der Waals surface area contributed by atoms with Gasteiger partial charge in [-0.3, -0.25) is 9.63 Å². The molecule has 0 saturated carbocycles. The number of nitro groups is 1. The molecule has 1 aromatic heterocycles. The summed E-state index contributed by atoms with van der Waals surface area (Å²) in [7, 11) is 1.58. The summed E-state index contributed by atoms with van der Waals surface area (Å²) >= 11 is 0. The van der Waals surface area contributed by atoms with Crippen LogP contribution >= 0.6 is 0 Å². The zero-order valence-electron chi connectivity index (χ0n) is 12.7. The Bertz CT molecular complexity index is 734. The molecule has 0 aliphatic carbocycles. The average Bonchev–Trinajstić information content (AvgIpc) is 2.92. The summed E-state index contributed by atoms with van der Waals surface area (Å²) in [6.07, 6.45) is 4.64. The number of hydroxylamine groups is 1. The van der Waals surface area contributed by atoms with Crippen LogP contribution in [0.1, 0.15) is 28.7 Å². The van der Waals surface area contributed by atoms with Crippen molar-refractivity contribution in [3.63, 3.8) is 0 Å². The van der Waals surface area contributed by atoms with Gasteiger partial charge in [0.15, 0.2) is 0 Å². The third kappa shape index (κ3) is 4.01. The molecule has 8 heteroatoms. The zero-order chi connectivity index (χ0) is 16.8. The maximum atomic E-state index is 11.7. The number of nitrogens with one attached hydrogen (secondary N) is 1. The van der Waals surface area contributed by atoms with Crippen molar-refractivity contribution in [3.8, 4) is 0 Å². The van der Waals surface area contributed by atoms with Gasteiger partial charge in [-0.05, 0) is 35.6 Å². The van der Waals surface area contributed by atoms with E-state index in [1.807, 2.05) is 0 Å². The molecule has 0 aliphatic heterocycles. The third-order valence-electron chi connectivity index (χ3n) is 3.09. The van der Waals surface area contributed by atoms with E-state index >= 15 is 0 Å². The average molecular weight is 316 g/mol. The molecule has 8 nitrogen and oxygen atoms in total. The highest BCUT2D eigenvalue weighted by Crippen LogP contribution is 2.14. The first-order valence-electron chi connectivity index (χ1n) is 6.89. The van der Waals surface area contributed by atoms with Crippen LogP contribution < -0.4 is 5.48 Å². The van der Waals surface area contributed by atoms with Crippen molar-refractivity contribution in [1.29, 1.82) is 0 Å². The molecule has 0 radical (unpaired) electrons. The molecule has 0 fully saturated rings. The van der Waals surface area contributed by atoms with E-state index in [-0.39, 0.29) is 11.7 Å². The smallest absolute Gasteiger partial charge is 0.342 e. The highest BCUT2D eigenvalue weighted by molar-refractivity contribution is 5.93. The molecule has 0 unspecified atom stereocenters. The van der Waals surface area contributed by atoms with E-state index in [4.69, 9.17) is 4.84 Å². The maximum absolute atomic E-state index is 11.7. The van der Waals surface area contributed by atoms with Crippen LogP contribution in [-0.2, 0) is 11.9 Å². The van der Waals surface area contributed by atoms with Gasteiger partial charge in [-0.25, -0.2) is 15.0 Å². The first-order valence-corrected chi connectivity index (χ1v) is 6.89. The highest BCUT2D eigenvalue weighted by atomic mass is 16.6. The number of amides is 1. The Morgan fingerprint density at radius 1 is 1.39 bits per heavy atom. The van der Waals surface area contributed by atoms with E-state index in [0.717, 1.165) is 5.56 Å². The van der Waals surface area contributed by atoms with Crippen LogP contribution in [0.4, 0.5) is 5.82 Å². The second-order valence-corrected chi connectivity index (χ2v) is 4.61. The maximum Gasteiger partial charge on any atom is 0.342 e. The number of carbonyl (C=O) groups excluding carboxylic acids is 1. The molecule has 0 atom stereocenters. The summed E-state index contributed by atoms with van der Waals surface area (Å²) in [6.45, 7) is 2.17. The number of aromatic nitrogens is 2. The van der Waals surface area contributed by atoms with Gasteiger partial charge >= 0.3 is 5.82 Å². The molecular weight excluding hydrogens is 300 g/mol. The monoisotopic (exact) mass is 316 g/mol. The lowest BCUT2D eigenvalue weighted by molar-refractivity contribution is -0.391. The Hall–Kier alpha value is -3.00. The Labute approximate surface area is 132 Å². The van der Waals surface area contributed by atoms with Crippen molar-refractivity contribution in [2.75, 3.05) is 6.61 Å². The minimum absolute atomic E-state index is 0.0763. The Balaban J connectivity index is 2.09. The number of benzene rings is 1. The van der Waals surface area contributed by atoms with Crippen molar-refractivity contribution in [2.24, 2.45) is 7.05 Å². The first-order chi connectivity index (χ1) is 11.0. The molecule has 1 N–H and O–H groups in total. The van der Waals surface area contributed by atoms with Crippen LogP contribution in [0, 0.1) is 10.1 Å². The molecule has 0 aliphatic rings. The lowest BCUT2D eigenvalue weighted by atomic mass is 10.1.